The first-order chi connectivity index (χ1) is 16.7. The Morgan fingerprint density at radius 2 is 1.91 bits per heavy atom. The zero-order chi connectivity index (χ0) is 24.4. The quantitative estimate of drug-likeness (QED) is 0.503. The summed E-state index contributed by atoms with van der Waals surface area (Å²) in [6.45, 7) is 2.09. The van der Waals surface area contributed by atoms with Crippen LogP contribution in [-0.4, -0.2) is 34.3 Å². The Kier molecular flexibility index (Phi) is 5.01. The van der Waals surface area contributed by atoms with Gasteiger partial charge in [0.15, 0.2) is 0 Å². The molecule has 1 aromatic heterocycles. The Bertz CT molecular complexity index is 1360. The summed E-state index contributed by atoms with van der Waals surface area (Å²) in [5.41, 5.74) is -0.691. The molecule has 2 saturated heterocycles. The van der Waals surface area contributed by atoms with Crippen LogP contribution in [0, 0.1) is 0 Å². The van der Waals surface area contributed by atoms with Crippen molar-refractivity contribution in [3.05, 3.63) is 75.2 Å². The molecule has 0 unspecified atom stereocenters. The van der Waals surface area contributed by atoms with E-state index in [2.05, 4.69) is 9.88 Å². The average Bonchev–Trinajstić information content (AvgIpc) is 3.48. The molecule has 0 saturated carbocycles. The summed E-state index contributed by atoms with van der Waals surface area (Å²) < 4.78 is 57.9. The molecule has 11 heteroatoms. The molecule has 3 aliphatic rings. The van der Waals surface area contributed by atoms with Gasteiger partial charge in [0.1, 0.15) is 23.9 Å². The second kappa shape index (κ2) is 7.89. The van der Waals surface area contributed by atoms with Gasteiger partial charge in [0, 0.05) is 19.0 Å². The molecule has 0 amide bonds. The molecule has 2 fully saturated rings. The van der Waals surface area contributed by atoms with E-state index >= 15 is 0 Å². The molecule has 7 nitrogen and oxygen atoms in total. The molecule has 0 aliphatic carbocycles. The Morgan fingerprint density at radius 1 is 1.14 bits per heavy atom. The number of aromatic nitrogens is 2. The summed E-state index contributed by atoms with van der Waals surface area (Å²) in [6, 6.07) is 11.9. The van der Waals surface area contributed by atoms with Gasteiger partial charge in [-0.2, -0.15) is 18.2 Å². The Balaban J connectivity index is 1.13. The van der Waals surface area contributed by atoms with Crippen LogP contribution in [0.5, 0.6) is 17.4 Å². The molecule has 0 radical (unpaired) electrons. The van der Waals surface area contributed by atoms with Crippen LogP contribution in [0.1, 0.15) is 17.5 Å². The molecular formula is C24H19ClF3N3O4. The third kappa shape index (κ3) is 3.90. The second-order valence-corrected chi connectivity index (χ2v) is 9.37. The SMILES string of the molecule is O=c1nc(OCc2ccc(Oc3ccc(Cl)c(C(F)(F)F)c3)cc2)cc2n1C[C@]13CO[C@H](CN21)C3. The lowest BCUT2D eigenvalue weighted by Crippen LogP contribution is -2.46. The van der Waals surface area contributed by atoms with Crippen LogP contribution >= 0.6 is 11.6 Å². The number of hydrogen-bond donors (Lipinski definition) is 0. The monoisotopic (exact) mass is 505 g/mol. The van der Waals surface area contributed by atoms with Crippen LogP contribution < -0.4 is 20.1 Å². The minimum Gasteiger partial charge on any atom is -0.473 e. The number of ether oxygens (including phenoxy) is 3. The summed E-state index contributed by atoms with van der Waals surface area (Å²) in [6.07, 6.45) is -3.47. The van der Waals surface area contributed by atoms with Gasteiger partial charge < -0.3 is 19.1 Å². The topological polar surface area (TPSA) is 65.8 Å². The summed E-state index contributed by atoms with van der Waals surface area (Å²) in [4.78, 5) is 18.9. The lowest BCUT2D eigenvalue weighted by atomic mass is 10.0. The molecule has 4 heterocycles. The molecular weight excluding hydrogens is 487 g/mol. The number of fused-ring (bicyclic) bond motifs is 3. The van der Waals surface area contributed by atoms with Crippen LogP contribution in [0.15, 0.2) is 53.3 Å². The van der Waals surface area contributed by atoms with E-state index in [1.54, 1.807) is 34.9 Å². The van der Waals surface area contributed by atoms with E-state index in [0.29, 0.717) is 18.9 Å². The largest absolute Gasteiger partial charge is 0.473 e. The third-order valence-electron chi connectivity index (χ3n) is 6.64. The third-order valence-corrected chi connectivity index (χ3v) is 6.97. The number of anilines is 1. The first-order valence-corrected chi connectivity index (χ1v) is 11.4. The molecule has 0 N–H and O–H groups in total. The fraction of sp³-hybridized carbons (Fsp3) is 0.333. The predicted octanol–water partition coefficient (Wildman–Crippen LogP) is 4.65. The summed E-state index contributed by atoms with van der Waals surface area (Å²) in [7, 11) is 0. The number of rotatable bonds is 5. The van der Waals surface area contributed by atoms with Gasteiger partial charge in [-0.15, -0.1) is 0 Å². The molecule has 6 rings (SSSR count). The van der Waals surface area contributed by atoms with Crippen molar-refractivity contribution in [3.8, 4) is 17.4 Å². The van der Waals surface area contributed by atoms with Crippen LogP contribution in [0.2, 0.25) is 5.02 Å². The summed E-state index contributed by atoms with van der Waals surface area (Å²) in [5.74, 6) is 1.42. The Hall–Kier alpha value is -3.24. The highest BCUT2D eigenvalue weighted by molar-refractivity contribution is 6.31. The summed E-state index contributed by atoms with van der Waals surface area (Å²) >= 11 is 5.65. The molecule has 2 bridgehead atoms. The molecule has 3 aliphatic heterocycles. The molecule has 2 atom stereocenters. The van der Waals surface area contributed by atoms with Gasteiger partial charge in [0.05, 0.1) is 35.4 Å². The first-order valence-electron chi connectivity index (χ1n) is 11.0. The van der Waals surface area contributed by atoms with Crippen molar-refractivity contribution in [2.45, 2.75) is 37.4 Å². The first kappa shape index (κ1) is 22.2. The fourth-order valence-electron chi connectivity index (χ4n) is 5.00. The van der Waals surface area contributed by atoms with Crippen LogP contribution in [-0.2, 0) is 24.1 Å². The van der Waals surface area contributed by atoms with E-state index in [9.17, 15) is 18.0 Å². The Morgan fingerprint density at radius 3 is 2.66 bits per heavy atom. The molecule has 1 spiro atoms. The lowest BCUT2D eigenvalue weighted by Gasteiger charge is -2.32. The molecule has 3 aromatic rings. The van der Waals surface area contributed by atoms with E-state index in [4.69, 9.17) is 25.8 Å². The van der Waals surface area contributed by atoms with Gasteiger partial charge in [-0.25, -0.2) is 4.79 Å². The molecule has 182 valence electrons. The maximum atomic E-state index is 13.1. The van der Waals surface area contributed by atoms with E-state index in [1.165, 1.54) is 6.07 Å². The van der Waals surface area contributed by atoms with Crippen LogP contribution in [0.4, 0.5) is 19.0 Å². The van der Waals surface area contributed by atoms with Gasteiger partial charge in [-0.1, -0.05) is 23.7 Å². The van der Waals surface area contributed by atoms with Gasteiger partial charge >= 0.3 is 11.9 Å². The fourth-order valence-corrected chi connectivity index (χ4v) is 5.22. The van der Waals surface area contributed by atoms with Crippen molar-refractivity contribution in [1.82, 2.24) is 9.55 Å². The van der Waals surface area contributed by atoms with E-state index in [-0.39, 0.29) is 35.6 Å². The number of alkyl halides is 3. The highest BCUT2D eigenvalue weighted by atomic mass is 35.5. The van der Waals surface area contributed by atoms with Crippen molar-refractivity contribution in [2.24, 2.45) is 0 Å². The maximum Gasteiger partial charge on any atom is 0.417 e. The average molecular weight is 506 g/mol. The van der Waals surface area contributed by atoms with Crippen molar-refractivity contribution in [3.63, 3.8) is 0 Å². The Labute approximate surface area is 202 Å². The number of halogens is 4. The molecule has 35 heavy (non-hydrogen) atoms. The smallest absolute Gasteiger partial charge is 0.417 e. The predicted molar refractivity (Wildman–Crippen MR) is 120 cm³/mol. The van der Waals surface area contributed by atoms with Gasteiger partial charge in [-0.3, -0.25) is 4.57 Å². The highest BCUT2D eigenvalue weighted by Crippen LogP contribution is 2.46. The number of nitrogens with zero attached hydrogens (tertiary/aromatic N) is 3. The van der Waals surface area contributed by atoms with Crippen molar-refractivity contribution in [1.29, 1.82) is 0 Å². The van der Waals surface area contributed by atoms with E-state index in [0.717, 1.165) is 36.5 Å². The maximum absolute atomic E-state index is 13.1. The van der Waals surface area contributed by atoms with Crippen molar-refractivity contribution < 1.29 is 27.4 Å². The normalized spacial score (nSPS) is 22.3. The molecule has 2 aromatic carbocycles. The minimum atomic E-state index is -4.57. The number of hydrogen-bond acceptors (Lipinski definition) is 6. The minimum absolute atomic E-state index is 0.0207. The number of morpholine rings is 1. The van der Waals surface area contributed by atoms with E-state index < -0.39 is 16.8 Å². The zero-order valence-electron chi connectivity index (χ0n) is 18.2. The number of benzene rings is 2. The highest BCUT2D eigenvalue weighted by Gasteiger charge is 2.56. The van der Waals surface area contributed by atoms with Crippen molar-refractivity contribution >= 4 is 17.4 Å². The summed E-state index contributed by atoms with van der Waals surface area (Å²) in [5, 5.41) is -0.391. The lowest BCUT2D eigenvalue weighted by molar-refractivity contribution is -0.137. The van der Waals surface area contributed by atoms with Gasteiger partial charge in [0.2, 0.25) is 5.88 Å². The van der Waals surface area contributed by atoms with Crippen LogP contribution in [0.25, 0.3) is 0 Å². The van der Waals surface area contributed by atoms with E-state index in [1.807, 2.05) is 0 Å². The van der Waals surface area contributed by atoms with Crippen molar-refractivity contribution in [2.75, 3.05) is 18.1 Å². The standard InChI is InChI=1S/C24H19ClF3N3O4/c25-19-6-5-16(7-18(19)24(26,27)28)35-15-3-1-14(2-4-15)11-33-20-8-21-30(22(32)29-20)12-23-9-17(34-13-23)10-31(21)23/h1-8,17H,9-13H2/t17-,23+/m0/s1. The van der Waals surface area contributed by atoms with Crippen LogP contribution in [0.3, 0.4) is 0 Å². The van der Waals surface area contributed by atoms with Gasteiger partial charge in [-0.05, 0) is 35.9 Å². The second-order valence-electron chi connectivity index (χ2n) is 8.97. The van der Waals surface area contributed by atoms with Gasteiger partial charge in [0.25, 0.3) is 0 Å². The zero-order valence-corrected chi connectivity index (χ0v) is 19.0.